The molecule has 0 spiro atoms. The highest BCUT2D eigenvalue weighted by atomic mass is 32.1. The first-order valence-corrected chi connectivity index (χ1v) is 10.6. The van der Waals surface area contributed by atoms with Crippen LogP contribution in [0.5, 0.6) is 0 Å². The summed E-state index contributed by atoms with van der Waals surface area (Å²) in [6, 6.07) is 14.0. The summed E-state index contributed by atoms with van der Waals surface area (Å²) in [7, 11) is 0. The second kappa shape index (κ2) is 10.2. The van der Waals surface area contributed by atoms with Crippen molar-refractivity contribution in [1.82, 2.24) is 15.1 Å². The SMILES string of the molecule is CCOC(=O)N1CCN(CCC(=O)N[C@H](c2ccccc2)c2cccs2)CC1. The van der Waals surface area contributed by atoms with Crippen molar-refractivity contribution in [2.75, 3.05) is 39.3 Å². The molecule has 0 aliphatic carbocycles. The molecule has 1 aliphatic rings. The van der Waals surface area contributed by atoms with E-state index in [1.807, 2.05) is 48.7 Å². The third kappa shape index (κ3) is 5.56. The summed E-state index contributed by atoms with van der Waals surface area (Å²) in [6.07, 6.45) is 0.190. The smallest absolute Gasteiger partial charge is 0.409 e. The minimum Gasteiger partial charge on any atom is -0.450 e. The monoisotopic (exact) mass is 401 g/mol. The zero-order valence-electron chi connectivity index (χ0n) is 16.2. The summed E-state index contributed by atoms with van der Waals surface area (Å²) >= 11 is 1.65. The lowest BCUT2D eigenvalue weighted by molar-refractivity contribution is -0.122. The lowest BCUT2D eigenvalue weighted by atomic mass is 10.1. The highest BCUT2D eigenvalue weighted by Crippen LogP contribution is 2.26. The molecule has 6 nitrogen and oxygen atoms in total. The number of nitrogens with one attached hydrogen (secondary N) is 1. The van der Waals surface area contributed by atoms with Gasteiger partial charge >= 0.3 is 6.09 Å². The van der Waals surface area contributed by atoms with Crippen LogP contribution in [0.25, 0.3) is 0 Å². The Morgan fingerprint density at radius 2 is 1.86 bits per heavy atom. The van der Waals surface area contributed by atoms with Gasteiger partial charge in [0.05, 0.1) is 12.6 Å². The van der Waals surface area contributed by atoms with E-state index < -0.39 is 0 Å². The molecule has 1 saturated heterocycles. The number of hydrogen-bond donors (Lipinski definition) is 1. The Morgan fingerprint density at radius 3 is 2.50 bits per heavy atom. The number of carbonyl (C=O) groups excluding carboxylic acids is 2. The van der Waals surface area contributed by atoms with Crippen LogP contribution in [0, 0.1) is 0 Å². The molecule has 0 radical (unpaired) electrons. The molecule has 0 saturated carbocycles. The molecule has 1 fully saturated rings. The van der Waals surface area contributed by atoms with E-state index in [9.17, 15) is 9.59 Å². The van der Waals surface area contributed by atoms with E-state index in [2.05, 4.69) is 16.3 Å². The Bertz CT molecular complexity index is 744. The van der Waals surface area contributed by atoms with Gasteiger partial charge in [0.2, 0.25) is 5.91 Å². The maximum absolute atomic E-state index is 12.6. The van der Waals surface area contributed by atoms with Crippen molar-refractivity contribution >= 4 is 23.3 Å². The molecule has 1 aromatic heterocycles. The van der Waals surface area contributed by atoms with Crippen LogP contribution in [0.15, 0.2) is 47.8 Å². The van der Waals surface area contributed by atoms with Crippen LogP contribution in [0.3, 0.4) is 0 Å². The van der Waals surface area contributed by atoms with Crippen molar-refractivity contribution in [3.05, 3.63) is 58.3 Å². The predicted molar refractivity (Wildman–Crippen MR) is 110 cm³/mol. The molecule has 1 N–H and O–H groups in total. The minimum absolute atomic E-state index is 0.0371. The summed E-state index contributed by atoms with van der Waals surface area (Å²) in [5.74, 6) is 0.0371. The number of piperazine rings is 1. The van der Waals surface area contributed by atoms with Crippen molar-refractivity contribution in [3.8, 4) is 0 Å². The average Bonchev–Trinajstić information content (AvgIpc) is 3.26. The Balaban J connectivity index is 1.49. The van der Waals surface area contributed by atoms with Crippen molar-refractivity contribution in [2.45, 2.75) is 19.4 Å². The van der Waals surface area contributed by atoms with E-state index in [0.29, 0.717) is 32.7 Å². The number of thiophene rings is 1. The lowest BCUT2D eigenvalue weighted by Crippen LogP contribution is -2.49. The molecule has 7 heteroatoms. The topological polar surface area (TPSA) is 61.9 Å². The number of hydrogen-bond acceptors (Lipinski definition) is 5. The highest BCUT2D eigenvalue weighted by molar-refractivity contribution is 7.10. The zero-order chi connectivity index (χ0) is 19.8. The second-order valence-corrected chi connectivity index (χ2v) is 7.68. The largest absolute Gasteiger partial charge is 0.450 e. The second-order valence-electron chi connectivity index (χ2n) is 6.70. The van der Waals surface area contributed by atoms with Crippen molar-refractivity contribution in [2.24, 2.45) is 0 Å². The number of benzene rings is 1. The van der Waals surface area contributed by atoms with Crippen LogP contribution in [-0.2, 0) is 9.53 Å². The van der Waals surface area contributed by atoms with Gasteiger partial charge in [0, 0.05) is 44.0 Å². The molecular weight excluding hydrogens is 374 g/mol. The summed E-state index contributed by atoms with van der Waals surface area (Å²) in [5.41, 5.74) is 1.08. The molecule has 0 unspecified atom stereocenters. The van der Waals surface area contributed by atoms with Gasteiger partial charge in [-0.3, -0.25) is 9.69 Å². The van der Waals surface area contributed by atoms with Crippen molar-refractivity contribution in [3.63, 3.8) is 0 Å². The van der Waals surface area contributed by atoms with Gasteiger partial charge < -0.3 is 15.0 Å². The van der Waals surface area contributed by atoms with Gasteiger partial charge in [0.25, 0.3) is 0 Å². The number of amides is 2. The molecule has 1 atom stereocenters. The van der Waals surface area contributed by atoms with E-state index in [-0.39, 0.29) is 18.0 Å². The van der Waals surface area contributed by atoms with Gasteiger partial charge in [-0.2, -0.15) is 0 Å². The van der Waals surface area contributed by atoms with Crippen LogP contribution in [-0.4, -0.2) is 61.1 Å². The van der Waals surface area contributed by atoms with Gasteiger partial charge in [0.15, 0.2) is 0 Å². The Labute approximate surface area is 170 Å². The summed E-state index contributed by atoms with van der Waals surface area (Å²) in [6.45, 7) is 5.70. The molecule has 2 amide bonds. The number of carbonyl (C=O) groups is 2. The van der Waals surface area contributed by atoms with E-state index in [1.165, 1.54) is 0 Å². The third-order valence-corrected chi connectivity index (χ3v) is 5.76. The molecule has 1 aliphatic heterocycles. The van der Waals surface area contributed by atoms with Crippen LogP contribution in [0.4, 0.5) is 4.79 Å². The normalized spacial score (nSPS) is 15.8. The number of nitrogens with zero attached hydrogens (tertiary/aromatic N) is 2. The number of ether oxygens (including phenoxy) is 1. The van der Waals surface area contributed by atoms with Crippen molar-refractivity contribution < 1.29 is 14.3 Å². The van der Waals surface area contributed by atoms with Gasteiger partial charge in [-0.15, -0.1) is 11.3 Å². The van der Waals surface area contributed by atoms with Crippen molar-refractivity contribution in [1.29, 1.82) is 0 Å². The van der Waals surface area contributed by atoms with Gasteiger partial charge in [0.1, 0.15) is 0 Å². The van der Waals surface area contributed by atoms with Crippen LogP contribution < -0.4 is 5.32 Å². The molecule has 2 aromatic rings. The molecule has 28 heavy (non-hydrogen) atoms. The first-order valence-electron chi connectivity index (χ1n) is 9.69. The van der Waals surface area contributed by atoms with Crippen LogP contribution in [0.2, 0.25) is 0 Å². The van der Waals surface area contributed by atoms with E-state index in [1.54, 1.807) is 16.2 Å². The maximum atomic E-state index is 12.6. The molecule has 150 valence electrons. The fraction of sp³-hybridized carbons (Fsp3) is 0.429. The maximum Gasteiger partial charge on any atom is 0.409 e. The molecule has 1 aromatic carbocycles. The fourth-order valence-corrected chi connectivity index (χ4v) is 4.08. The van der Waals surface area contributed by atoms with E-state index in [0.717, 1.165) is 23.5 Å². The van der Waals surface area contributed by atoms with E-state index in [4.69, 9.17) is 4.74 Å². The average molecular weight is 402 g/mol. The van der Waals surface area contributed by atoms with Crippen LogP contribution >= 0.6 is 11.3 Å². The quantitative estimate of drug-likeness (QED) is 0.774. The molecule has 0 bridgehead atoms. The Morgan fingerprint density at radius 1 is 1.11 bits per heavy atom. The molecular formula is C21H27N3O3S. The lowest BCUT2D eigenvalue weighted by Gasteiger charge is -2.33. The zero-order valence-corrected chi connectivity index (χ0v) is 17.0. The van der Waals surface area contributed by atoms with E-state index >= 15 is 0 Å². The molecule has 2 heterocycles. The van der Waals surface area contributed by atoms with Gasteiger partial charge in [-0.25, -0.2) is 4.79 Å². The third-order valence-electron chi connectivity index (χ3n) is 4.82. The predicted octanol–water partition coefficient (Wildman–Crippen LogP) is 3.12. The summed E-state index contributed by atoms with van der Waals surface area (Å²) in [4.78, 5) is 29.4. The van der Waals surface area contributed by atoms with Crippen LogP contribution in [0.1, 0.15) is 29.8 Å². The fourth-order valence-electron chi connectivity index (χ4n) is 3.28. The summed E-state index contributed by atoms with van der Waals surface area (Å²) < 4.78 is 5.04. The standard InChI is InChI=1S/C21H27N3O3S/c1-2-27-21(26)24-14-12-23(13-15-24)11-10-19(25)22-20(18-9-6-16-28-18)17-7-4-3-5-8-17/h3-9,16,20H,2,10-15H2,1H3,(H,22,25)/t20-/m1/s1. The Kier molecular flexibility index (Phi) is 7.45. The Hall–Kier alpha value is -2.38. The first-order chi connectivity index (χ1) is 13.7. The minimum atomic E-state index is -0.249. The highest BCUT2D eigenvalue weighted by Gasteiger charge is 2.23. The van der Waals surface area contributed by atoms with Gasteiger partial charge in [-0.1, -0.05) is 36.4 Å². The number of rotatable bonds is 7. The first kappa shape index (κ1) is 20.4. The van der Waals surface area contributed by atoms with Gasteiger partial charge in [-0.05, 0) is 23.9 Å². The molecule has 3 rings (SSSR count). The summed E-state index contributed by atoms with van der Waals surface area (Å²) in [5, 5.41) is 5.21.